The van der Waals surface area contributed by atoms with Crippen molar-refractivity contribution in [2.24, 2.45) is 0 Å². The Morgan fingerprint density at radius 1 is 0.900 bits per heavy atom. The number of amides is 1. The number of halogens is 3. The molecule has 0 saturated heterocycles. The average molecular weight is 280 g/mol. The molecule has 0 bridgehead atoms. The summed E-state index contributed by atoms with van der Waals surface area (Å²) >= 11 is 0. The summed E-state index contributed by atoms with van der Waals surface area (Å²) in [4.78, 5) is 12.0. The predicted molar refractivity (Wildman–Crippen MR) is 70.3 cm³/mol. The van der Waals surface area contributed by atoms with Crippen molar-refractivity contribution in [3.8, 4) is 0 Å². The fraction of sp³-hybridized carbons (Fsp3) is 0.0714. The molecule has 2 aromatic rings. The molecule has 104 valence electrons. The minimum atomic E-state index is -0.902. The molecule has 0 aliphatic rings. The van der Waals surface area contributed by atoms with E-state index in [1.807, 2.05) is 0 Å². The monoisotopic (exact) mass is 280 g/mol. The maximum Gasteiger partial charge on any atom is 0.258 e. The molecule has 0 aromatic heterocycles. The predicted octanol–water partition coefficient (Wildman–Crippen LogP) is 3.40. The van der Waals surface area contributed by atoms with Gasteiger partial charge in [-0.05, 0) is 24.3 Å². The average Bonchev–Trinajstić information content (AvgIpc) is 2.42. The van der Waals surface area contributed by atoms with Gasteiger partial charge in [-0.1, -0.05) is 12.1 Å². The first-order valence-corrected chi connectivity index (χ1v) is 5.76. The Balaban J connectivity index is 2.36. The molecule has 20 heavy (non-hydrogen) atoms. The normalized spacial score (nSPS) is 10.2. The van der Waals surface area contributed by atoms with E-state index in [0.717, 1.165) is 12.1 Å². The minimum Gasteiger partial charge on any atom is -0.385 e. The number of para-hydroxylation sites is 2. The fourth-order valence-corrected chi connectivity index (χ4v) is 1.77. The van der Waals surface area contributed by atoms with E-state index in [0.29, 0.717) is 0 Å². The third-order valence-corrected chi connectivity index (χ3v) is 2.71. The largest absolute Gasteiger partial charge is 0.385 e. The summed E-state index contributed by atoms with van der Waals surface area (Å²) in [5, 5.41) is 4.64. The van der Waals surface area contributed by atoms with Crippen LogP contribution in [0.4, 0.5) is 24.5 Å². The van der Waals surface area contributed by atoms with Crippen molar-refractivity contribution < 1.29 is 18.0 Å². The van der Waals surface area contributed by atoms with Crippen molar-refractivity contribution in [2.75, 3.05) is 17.7 Å². The Morgan fingerprint density at radius 2 is 1.40 bits per heavy atom. The lowest BCUT2D eigenvalue weighted by Crippen LogP contribution is -2.16. The van der Waals surface area contributed by atoms with E-state index in [1.165, 1.54) is 31.3 Å². The zero-order chi connectivity index (χ0) is 14.7. The van der Waals surface area contributed by atoms with Crippen LogP contribution in [0.25, 0.3) is 0 Å². The number of nitrogens with one attached hydrogen (secondary N) is 2. The Bertz CT molecular complexity index is 639. The van der Waals surface area contributed by atoms with Crippen LogP contribution in [0.2, 0.25) is 0 Å². The molecule has 3 nitrogen and oxygen atoms in total. The van der Waals surface area contributed by atoms with Crippen molar-refractivity contribution in [3.05, 3.63) is 59.4 Å². The first-order valence-electron chi connectivity index (χ1n) is 5.76. The first-order chi connectivity index (χ1) is 9.54. The number of hydrogen-bond donors (Lipinski definition) is 2. The molecule has 0 radical (unpaired) electrons. The molecule has 0 aliphatic heterocycles. The summed E-state index contributed by atoms with van der Waals surface area (Å²) in [7, 11) is 1.44. The van der Waals surface area contributed by atoms with Gasteiger partial charge < -0.3 is 10.6 Å². The highest BCUT2D eigenvalue weighted by Gasteiger charge is 2.17. The van der Waals surface area contributed by atoms with Gasteiger partial charge >= 0.3 is 0 Å². The Hall–Kier alpha value is -2.50. The van der Waals surface area contributed by atoms with E-state index in [9.17, 15) is 18.0 Å². The molecule has 0 unspecified atom stereocenters. The standard InChI is InChI=1S/C14H11F3N2O/c1-18-12-8(4-2-5-9(12)15)14(20)19-13-10(16)6-3-7-11(13)17/h2-7,18H,1H3,(H,19,20). The van der Waals surface area contributed by atoms with E-state index in [2.05, 4.69) is 10.6 Å². The van der Waals surface area contributed by atoms with Gasteiger partial charge in [0.2, 0.25) is 0 Å². The molecule has 0 spiro atoms. The van der Waals surface area contributed by atoms with Gasteiger partial charge in [-0.25, -0.2) is 13.2 Å². The van der Waals surface area contributed by atoms with Gasteiger partial charge in [0.15, 0.2) is 0 Å². The zero-order valence-electron chi connectivity index (χ0n) is 10.5. The Morgan fingerprint density at radius 3 is 1.95 bits per heavy atom. The summed E-state index contributed by atoms with van der Waals surface area (Å²) in [5.74, 6) is -3.24. The van der Waals surface area contributed by atoms with Crippen molar-refractivity contribution in [1.82, 2.24) is 0 Å². The molecule has 0 aliphatic carbocycles. The first kappa shape index (κ1) is 13.9. The van der Waals surface area contributed by atoms with Gasteiger partial charge in [0.25, 0.3) is 5.91 Å². The third kappa shape index (κ3) is 2.59. The fourth-order valence-electron chi connectivity index (χ4n) is 1.77. The number of carbonyl (C=O) groups is 1. The van der Waals surface area contributed by atoms with Gasteiger partial charge in [0, 0.05) is 7.05 Å². The Labute approximate surface area is 113 Å². The second-order valence-corrected chi connectivity index (χ2v) is 3.96. The molecule has 0 fully saturated rings. The lowest BCUT2D eigenvalue weighted by molar-refractivity contribution is 0.102. The second kappa shape index (κ2) is 5.64. The highest BCUT2D eigenvalue weighted by Crippen LogP contribution is 2.23. The highest BCUT2D eigenvalue weighted by atomic mass is 19.1. The van der Waals surface area contributed by atoms with Crippen molar-refractivity contribution in [3.63, 3.8) is 0 Å². The molecule has 0 atom stereocenters. The maximum atomic E-state index is 13.5. The van der Waals surface area contributed by atoms with Crippen LogP contribution >= 0.6 is 0 Å². The molecular weight excluding hydrogens is 269 g/mol. The van der Waals surface area contributed by atoms with Crippen LogP contribution in [0.3, 0.4) is 0 Å². The van der Waals surface area contributed by atoms with Gasteiger partial charge in [-0.2, -0.15) is 0 Å². The maximum absolute atomic E-state index is 13.5. The topological polar surface area (TPSA) is 41.1 Å². The van der Waals surface area contributed by atoms with Crippen LogP contribution in [0.1, 0.15) is 10.4 Å². The number of rotatable bonds is 3. The third-order valence-electron chi connectivity index (χ3n) is 2.71. The van der Waals surface area contributed by atoms with Crippen LogP contribution in [-0.4, -0.2) is 13.0 Å². The van der Waals surface area contributed by atoms with Crippen LogP contribution in [0.15, 0.2) is 36.4 Å². The minimum absolute atomic E-state index is 0.0400. The summed E-state index contributed by atoms with van der Waals surface area (Å²) in [6.45, 7) is 0. The summed E-state index contributed by atoms with van der Waals surface area (Å²) < 4.78 is 40.4. The van der Waals surface area contributed by atoms with Gasteiger partial charge in [-0.3, -0.25) is 4.79 Å². The van der Waals surface area contributed by atoms with E-state index in [1.54, 1.807) is 0 Å². The number of benzene rings is 2. The van der Waals surface area contributed by atoms with E-state index < -0.39 is 29.0 Å². The molecule has 2 rings (SSSR count). The van der Waals surface area contributed by atoms with Gasteiger partial charge in [0.05, 0.1) is 11.3 Å². The van der Waals surface area contributed by atoms with E-state index in [4.69, 9.17) is 0 Å². The summed E-state index contributed by atoms with van der Waals surface area (Å²) in [5.41, 5.74) is -0.652. The number of carbonyl (C=O) groups excluding carboxylic acids is 1. The molecule has 6 heteroatoms. The van der Waals surface area contributed by atoms with Crippen LogP contribution in [0.5, 0.6) is 0 Å². The van der Waals surface area contributed by atoms with Crippen molar-refractivity contribution in [1.29, 1.82) is 0 Å². The quantitative estimate of drug-likeness (QED) is 0.904. The zero-order valence-corrected chi connectivity index (χ0v) is 10.5. The highest BCUT2D eigenvalue weighted by molar-refractivity contribution is 6.08. The van der Waals surface area contributed by atoms with Crippen LogP contribution in [0, 0.1) is 17.5 Å². The number of anilines is 2. The van der Waals surface area contributed by atoms with E-state index in [-0.39, 0.29) is 11.3 Å². The lowest BCUT2D eigenvalue weighted by Gasteiger charge is -2.11. The van der Waals surface area contributed by atoms with Gasteiger partial charge in [-0.15, -0.1) is 0 Å². The summed E-state index contributed by atoms with van der Waals surface area (Å²) in [6, 6.07) is 7.08. The SMILES string of the molecule is CNc1c(F)cccc1C(=O)Nc1c(F)cccc1F. The molecular formula is C14H11F3N2O. The summed E-state index contributed by atoms with van der Waals surface area (Å²) in [6.07, 6.45) is 0. The lowest BCUT2D eigenvalue weighted by atomic mass is 10.1. The molecule has 2 aromatic carbocycles. The van der Waals surface area contributed by atoms with Crippen molar-refractivity contribution in [2.45, 2.75) is 0 Å². The number of hydrogen-bond acceptors (Lipinski definition) is 2. The molecule has 2 N–H and O–H groups in total. The van der Waals surface area contributed by atoms with Gasteiger partial charge in [0.1, 0.15) is 23.1 Å². The Kier molecular flexibility index (Phi) is 3.93. The smallest absolute Gasteiger partial charge is 0.258 e. The van der Waals surface area contributed by atoms with Crippen molar-refractivity contribution >= 4 is 17.3 Å². The molecule has 0 heterocycles. The van der Waals surface area contributed by atoms with E-state index >= 15 is 0 Å². The second-order valence-electron chi connectivity index (χ2n) is 3.96. The molecule has 1 amide bonds. The van der Waals surface area contributed by atoms with Crippen LogP contribution < -0.4 is 10.6 Å². The molecule has 0 saturated carbocycles. The van der Waals surface area contributed by atoms with Crippen LogP contribution in [-0.2, 0) is 0 Å².